The van der Waals surface area contributed by atoms with E-state index in [-0.39, 0.29) is 5.91 Å². The zero-order valence-corrected chi connectivity index (χ0v) is 12.3. The highest BCUT2D eigenvalue weighted by Crippen LogP contribution is 2.23. The van der Waals surface area contributed by atoms with Crippen molar-refractivity contribution in [2.24, 2.45) is 5.73 Å². The lowest BCUT2D eigenvalue weighted by molar-refractivity contribution is -0.117. The minimum atomic E-state index is -0.436. The number of nitrogens with two attached hydrogens (primary N) is 1. The molecule has 1 heterocycles. The number of carbonyl (C=O) groups is 1. The quantitative estimate of drug-likeness (QED) is 0.857. The molecule has 1 aromatic carbocycles. The van der Waals surface area contributed by atoms with E-state index in [0.717, 1.165) is 35.5 Å². The zero-order valence-electron chi connectivity index (χ0n) is 11.5. The Balaban J connectivity index is 1.95. The molecule has 0 spiro atoms. The number of hydrogen-bond donors (Lipinski definition) is 2. The maximum absolute atomic E-state index is 11.9. The van der Waals surface area contributed by atoms with Crippen LogP contribution in [-0.2, 0) is 4.79 Å². The van der Waals surface area contributed by atoms with Gasteiger partial charge in [0.1, 0.15) is 5.01 Å². The van der Waals surface area contributed by atoms with E-state index in [1.807, 2.05) is 29.6 Å². The zero-order chi connectivity index (χ0) is 14.4. The largest absolute Gasteiger partial charge is 0.325 e. The van der Waals surface area contributed by atoms with Gasteiger partial charge in [0.05, 0.1) is 6.04 Å². The fourth-order valence-electron chi connectivity index (χ4n) is 1.85. The monoisotopic (exact) mass is 289 g/mol. The first-order chi connectivity index (χ1) is 9.70. The molecule has 1 aromatic heterocycles. The maximum Gasteiger partial charge on any atom is 0.241 e. The van der Waals surface area contributed by atoms with Gasteiger partial charge in [-0.3, -0.25) is 4.79 Å². The third kappa shape index (κ3) is 3.88. The maximum atomic E-state index is 11.9. The van der Waals surface area contributed by atoms with Crippen LogP contribution in [0.2, 0.25) is 0 Å². The Morgan fingerprint density at radius 2 is 2.15 bits per heavy atom. The van der Waals surface area contributed by atoms with Gasteiger partial charge in [0.2, 0.25) is 5.91 Å². The summed E-state index contributed by atoms with van der Waals surface area (Å²) in [5.41, 5.74) is 7.65. The number of unbranched alkanes of at least 4 members (excludes halogenated alkanes) is 1. The van der Waals surface area contributed by atoms with Crippen molar-refractivity contribution in [3.63, 3.8) is 0 Å². The van der Waals surface area contributed by atoms with Gasteiger partial charge in [-0.05, 0) is 30.7 Å². The summed E-state index contributed by atoms with van der Waals surface area (Å²) in [6, 6.07) is 7.22. The fourth-order valence-corrected chi connectivity index (χ4v) is 2.50. The summed E-state index contributed by atoms with van der Waals surface area (Å²) < 4.78 is 0. The summed E-state index contributed by atoms with van der Waals surface area (Å²) in [6.45, 7) is 2.09. The molecule has 0 fully saturated rings. The molecular weight excluding hydrogens is 270 g/mol. The van der Waals surface area contributed by atoms with Gasteiger partial charge in [0, 0.05) is 22.8 Å². The second-order valence-electron chi connectivity index (χ2n) is 4.65. The van der Waals surface area contributed by atoms with Crippen LogP contribution < -0.4 is 11.1 Å². The Bertz CT molecular complexity index is 537. The van der Waals surface area contributed by atoms with Gasteiger partial charge < -0.3 is 11.1 Å². The summed E-state index contributed by atoms with van der Waals surface area (Å²) in [7, 11) is 0. The molecule has 0 unspecified atom stereocenters. The second-order valence-corrected chi connectivity index (χ2v) is 5.55. The van der Waals surface area contributed by atoms with Crippen LogP contribution in [-0.4, -0.2) is 16.9 Å². The van der Waals surface area contributed by atoms with Crippen molar-refractivity contribution < 1.29 is 4.79 Å². The first-order valence-electron chi connectivity index (χ1n) is 6.77. The van der Waals surface area contributed by atoms with Crippen LogP contribution in [0.15, 0.2) is 35.8 Å². The molecule has 0 bridgehead atoms. The molecule has 20 heavy (non-hydrogen) atoms. The molecule has 106 valence electrons. The standard InChI is InChI=1S/C15H19N3OS/c1-2-3-4-13(16)14(19)18-12-7-5-11(6-8-12)15-17-9-10-20-15/h5-10,13H,2-4,16H2,1H3,(H,18,19)/t13-/m0/s1. The van der Waals surface area contributed by atoms with E-state index in [4.69, 9.17) is 5.73 Å². The Morgan fingerprint density at radius 1 is 1.40 bits per heavy atom. The molecule has 0 aliphatic rings. The summed E-state index contributed by atoms with van der Waals surface area (Å²) in [5, 5.41) is 5.76. The average Bonchev–Trinajstić information content (AvgIpc) is 2.99. The molecule has 0 aliphatic carbocycles. The number of hydrogen-bond acceptors (Lipinski definition) is 4. The molecule has 0 saturated carbocycles. The fraction of sp³-hybridized carbons (Fsp3) is 0.333. The molecule has 2 aromatic rings. The van der Waals surface area contributed by atoms with Crippen LogP contribution in [0.1, 0.15) is 26.2 Å². The van der Waals surface area contributed by atoms with Gasteiger partial charge in [0.15, 0.2) is 0 Å². The van der Waals surface area contributed by atoms with E-state index < -0.39 is 6.04 Å². The lowest BCUT2D eigenvalue weighted by Gasteiger charge is -2.11. The SMILES string of the molecule is CCCC[C@H](N)C(=O)Nc1ccc(-c2nccs2)cc1. The number of aromatic nitrogens is 1. The normalized spacial score (nSPS) is 12.1. The third-order valence-corrected chi connectivity index (χ3v) is 3.86. The van der Waals surface area contributed by atoms with Crippen LogP contribution in [0.4, 0.5) is 5.69 Å². The third-order valence-electron chi connectivity index (χ3n) is 3.04. The predicted octanol–water partition coefficient (Wildman–Crippen LogP) is 3.27. The van der Waals surface area contributed by atoms with E-state index in [9.17, 15) is 4.79 Å². The average molecular weight is 289 g/mol. The highest BCUT2D eigenvalue weighted by Gasteiger charge is 2.12. The summed E-state index contributed by atoms with van der Waals surface area (Å²) in [4.78, 5) is 16.1. The number of benzene rings is 1. The Kier molecular flexibility index (Phi) is 5.26. The number of rotatable bonds is 6. The molecule has 0 aliphatic heterocycles. The molecule has 5 heteroatoms. The van der Waals surface area contributed by atoms with Crippen LogP contribution in [0.3, 0.4) is 0 Å². The number of nitrogens with one attached hydrogen (secondary N) is 1. The first-order valence-corrected chi connectivity index (χ1v) is 7.65. The first kappa shape index (κ1) is 14.7. The van der Waals surface area contributed by atoms with E-state index in [2.05, 4.69) is 17.2 Å². The minimum Gasteiger partial charge on any atom is -0.325 e. The van der Waals surface area contributed by atoms with E-state index in [1.165, 1.54) is 0 Å². The molecular formula is C15H19N3OS. The Labute approximate surface area is 123 Å². The lowest BCUT2D eigenvalue weighted by atomic mass is 10.1. The molecule has 1 atom stereocenters. The van der Waals surface area contributed by atoms with E-state index in [1.54, 1.807) is 17.5 Å². The van der Waals surface area contributed by atoms with Crippen LogP contribution >= 0.6 is 11.3 Å². The van der Waals surface area contributed by atoms with Gasteiger partial charge in [-0.25, -0.2) is 4.98 Å². The second kappa shape index (κ2) is 7.17. The summed E-state index contributed by atoms with van der Waals surface area (Å²) in [5.74, 6) is -0.125. The molecule has 2 rings (SSSR count). The number of carbonyl (C=O) groups excluding carboxylic acids is 1. The number of amides is 1. The van der Waals surface area contributed by atoms with Crippen LogP contribution in [0.25, 0.3) is 10.6 Å². The molecule has 1 amide bonds. The van der Waals surface area contributed by atoms with E-state index >= 15 is 0 Å². The Hall–Kier alpha value is -1.72. The Morgan fingerprint density at radius 3 is 2.75 bits per heavy atom. The lowest BCUT2D eigenvalue weighted by Crippen LogP contribution is -2.35. The van der Waals surface area contributed by atoms with Crippen molar-refractivity contribution in [3.8, 4) is 10.6 Å². The predicted molar refractivity (Wildman–Crippen MR) is 83.7 cm³/mol. The van der Waals surface area contributed by atoms with Crippen LogP contribution in [0, 0.1) is 0 Å². The number of nitrogens with zero attached hydrogens (tertiary/aromatic N) is 1. The molecule has 3 N–H and O–H groups in total. The van der Waals surface area contributed by atoms with Crippen molar-refractivity contribution in [3.05, 3.63) is 35.8 Å². The van der Waals surface area contributed by atoms with Gasteiger partial charge in [-0.2, -0.15) is 0 Å². The molecule has 4 nitrogen and oxygen atoms in total. The smallest absolute Gasteiger partial charge is 0.241 e. The van der Waals surface area contributed by atoms with Gasteiger partial charge in [-0.1, -0.05) is 19.8 Å². The summed E-state index contributed by atoms with van der Waals surface area (Å²) in [6.07, 6.45) is 4.52. The minimum absolute atomic E-state index is 0.125. The van der Waals surface area contributed by atoms with Gasteiger partial charge >= 0.3 is 0 Å². The van der Waals surface area contributed by atoms with Crippen molar-refractivity contribution in [2.75, 3.05) is 5.32 Å². The van der Waals surface area contributed by atoms with Crippen LogP contribution in [0.5, 0.6) is 0 Å². The van der Waals surface area contributed by atoms with Gasteiger partial charge in [0.25, 0.3) is 0 Å². The number of anilines is 1. The van der Waals surface area contributed by atoms with Gasteiger partial charge in [-0.15, -0.1) is 11.3 Å². The highest BCUT2D eigenvalue weighted by molar-refractivity contribution is 7.13. The number of thiazole rings is 1. The van der Waals surface area contributed by atoms with E-state index in [0.29, 0.717) is 0 Å². The van der Waals surface area contributed by atoms with Crippen molar-refractivity contribution in [1.82, 2.24) is 4.98 Å². The highest BCUT2D eigenvalue weighted by atomic mass is 32.1. The summed E-state index contributed by atoms with van der Waals surface area (Å²) >= 11 is 1.59. The van der Waals surface area contributed by atoms with Crippen molar-refractivity contribution in [1.29, 1.82) is 0 Å². The molecule has 0 saturated heterocycles. The van der Waals surface area contributed by atoms with Crippen molar-refractivity contribution in [2.45, 2.75) is 32.2 Å². The topological polar surface area (TPSA) is 68.0 Å². The van der Waals surface area contributed by atoms with Crippen molar-refractivity contribution >= 4 is 22.9 Å². The molecule has 0 radical (unpaired) electrons.